The molecular weight excluding hydrogens is 230 g/mol. The smallest absolute Gasteiger partial charge is 0.125 e. The number of rotatable bonds is 5. The van der Waals surface area contributed by atoms with E-state index in [0.717, 1.165) is 23.5 Å². The highest BCUT2D eigenvalue weighted by Crippen LogP contribution is 2.27. The maximum absolute atomic E-state index is 4.71. The van der Waals surface area contributed by atoms with Crippen molar-refractivity contribution in [2.75, 3.05) is 13.6 Å². The average molecular weight is 247 g/mol. The summed E-state index contributed by atoms with van der Waals surface area (Å²) in [5, 5.41) is 6.44. The Morgan fingerprint density at radius 1 is 1.47 bits per heavy atom. The molecule has 2 aromatic rings. The van der Waals surface area contributed by atoms with Crippen molar-refractivity contribution < 1.29 is 0 Å². The highest BCUT2D eigenvalue weighted by Gasteiger charge is 2.13. The Bertz CT molecular complexity index is 453. The molecule has 2 rings (SSSR count). The summed E-state index contributed by atoms with van der Waals surface area (Å²) in [5.41, 5.74) is 2.29. The van der Waals surface area contributed by atoms with E-state index in [4.69, 9.17) is 4.98 Å². The summed E-state index contributed by atoms with van der Waals surface area (Å²) < 4.78 is 0. The summed E-state index contributed by atoms with van der Waals surface area (Å²) in [7, 11) is 1.98. The van der Waals surface area contributed by atoms with Crippen molar-refractivity contribution in [3.8, 4) is 10.6 Å². The lowest BCUT2D eigenvalue weighted by atomic mass is 10.0. The first-order valence-electron chi connectivity index (χ1n) is 5.85. The Balaban J connectivity index is 2.21. The van der Waals surface area contributed by atoms with E-state index in [1.807, 2.05) is 19.3 Å². The zero-order chi connectivity index (χ0) is 12.1. The molecule has 1 atom stereocenters. The van der Waals surface area contributed by atoms with Crippen LogP contribution in [0, 0.1) is 0 Å². The van der Waals surface area contributed by atoms with Gasteiger partial charge in [0.25, 0.3) is 0 Å². The lowest BCUT2D eigenvalue weighted by Gasteiger charge is -2.10. The van der Waals surface area contributed by atoms with Crippen LogP contribution < -0.4 is 5.32 Å². The Hall–Kier alpha value is -1.26. The van der Waals surface area contributed by atoms with Gasteiger partial charge in [0.2, 0.25) is 0 Å². The third-order valence-electron chi connectivity index (χ3n) is 2.79. The molecule has 0 saturated carbocycles. The summed E-state index contributed by atoms with van der Waals surface area (Å²) >= 11 is 1.69. The van der Waals surface area contributed by atoms with Crippen LogP contribution in [0.3, 0.4) is 0 Å². The van der Waals surface area contributed by atoms with Gasteiger partial charge in [0.05, 0.1) is 5.69 Å². The molecule has 3 nitrogen and oxygen atoms in total. The lowest BCUT2D eigenvalue weighted by molar-refractivity contribution is 0.600. The molecule has 1 N–H and O–H groups in total. The lowest BCUT2D eigenvalue weighted by Crippen LogP contribution is -2.16. The van der Waals surface area contributed by atoms with Gasteiger partial charge in [-0.05, 0) is 25.6 Å². The predicted molar refractivity (Wildman–Crippen MR) is 72.3 cm³/mol. The largest absolute Gasteiger partial charge is 0.319 e. The fraction of sp³-hybridized carbons (Fsp3) is 0.385. The van der Waals surface area contributed by atoms with Gasteiger partial charge in [0.15, 0.2) is 0 Å². The Morgan fingerprint density at radius 3 is 3.00 bits per heavy atom. The zero-order valence-electron chi connectivity index (χ0n) is 10.2. The van der Waals surface area contributed by atoms with Crippen LogP contribution in [0.5, 0.6) is 0 Å². The number of pyridine rings is 1. The van der Waals surface area contributed by atoms with Crippen molar-refractivity contribution in [3.05, 3.63) is 35.6 Å². The number of hydrogen-bond acceptors (Lipinski definition) is 4. The molecule has 0 amide bonds. The van der Waals surface area contributed by atoms with Gasteiger partial charge in [-0.15, -0.1) is 11.3 Å². The molecule has 4 heteroatoms. The second kappa shape index (κ2) is 5.89. The molecule has 90 valence electrons. The molecule has 1 unspecified atom stereocenters. The van der Waals surface area contributed by atoms with Crippen LogP contribution in [0.4, 0.5) is 0 Å². The number of thiazole rings is 1. The molecule has 0 saturated heterocycles. The van der Waals surface area contributed by atoms with Gasteiger partial charge in [-0.1, -0.05) is 6.92 Å². The maximum atomic E-state index is 4.71. The minimum absolute atomic E-state index is 0.502. The minimum atomic E-state index is 0.502. The third-order valence-corrected chi connectivity index (χ3v) is 3.70. The van der Waals surface area contributed by atoms with E-state index in [9.17, 15) is 0 Å². The summed E-state index contributed by atoms with van der Waals surface area (Å²) in [4.78, 5) is 8.83. The van der Waals surface area contributed by atoms with Gasteiger partial charge in [0, 0.05) is 35.8 Å². The highest BCUT2D eigenvalue weighted by molar-refractivity contribution is 7.13. The van der Waals surface area contributed by atoms with E-state index < -0.39 is 0 Å². The molecular formula is C13H17N3S. The first-order chi connectivity index (χ1) is 8.35. The van der Waals surface area contributed by atoms with E-state index in [1.54, 1.807) is 17.5 Å². The summed E-state index contributed by atoms with van der Waals surface area (Å²) in [6.45, 7) is 3.18. The number of likely N-dealkylation sites (N-methyl/N-ethyl adjacent to an activating group) is 1. The van der Waals surface area contributed by atoms with Crippen molar-refractivity contribution in [1.29, 1.82) is 0 Å². The standard InChI is InChI=1S/C13H17N3S/c1-3-10(7-14-2)12-9-17-13(16-12)11-5-4-6-15-8-11/h4-6,8-10,14H,3,7H2,1-2H3. The zero-order valence-corrected chi connectivity index (χ0v) is 11.0. The molecule has 0 bridgehead atoms. The molecule has 0 radical (unpaired) electrons. The van der Waals surface area contributed by atoms with Crippen molar-refractivity contribution in [3.63, 3.8) is 0 Å². The molecule has 2 aromatic heterocycles. The minimum Gasteiger partial charge on any atom is -0.319 e. The normalized spacial score (nSPS) is 12.6. The average Bonchev–Trinajstić information content (AvgIpc) is 2.86. The quantitative estimate of drug-likeness (QED) is 0.882. The second-order valence-corrected chi connectivity index (χ2v) is 4.84. The van der Waals surface area contributed by atoms with Crippen LogP contribution in [0.25, 0.3) is 10.6 Å². The fourth-order valence-corrected chi connectivity index (χ4v) is 2.69. The van der Waals surface area contributed by atoms with E-state index >= 15 is 0 Å². The van der Waals surface area contributed by atoms with Crippen LogP contribution >= 0.6 is 11.3 Å². The monoisotopic (exact) mass is 247 g/mol. The second-order valence-electron chi connectivity index (χ2n) is 3.98. The Kier molecular flexibility index (Phi) is 4.23. The van der Waals surface area contributed by atoms with E-state index in [1.165, 1.54) is 5.69 Å². The molecule has 0 fully saturated rings. The van der Waals surface area contributed by atoms with Crippen LogP contribution in [-0.4, -0.2) is 23.6 Å². The Labute approximate surface area is 106 Å². The summed E-state index contributed by atoms with van der Waals surface area (Å²) in [5.74, 6) is 0.502. The first kappa shape index (κ1) is 12.2. The fourth-order valence-electron chi connectivity index (χ4n) is 1.80. The van der Waals surface area contributed by atoms with Crippen molar-refractivity contribution in [1.82, 2.24) is 15.3 Å². The number of aromatic nitrogens is 2. The number of hydrogen-bond donors (Lipinski definition) is 1. The van der Waals surface area contributed by atoms with Gasteiger partial charge in [-0.25, -0.2) is 4.98 Å². The van der Waals surface area contributed by atoms with Crippen molar-refractivity contribution >= 4 is 11.3 Å². The first-order valence-corrected chi connectivity index (χ1v) is 6.73. The van der Waals surface area contributed by atoms with E-state index in [0.29, 0.717) is 5.92 Å². The number of nitrogens with one attached hydrogen (secondary N) is 1. The van der Waals surface area contributed by atoms with Gasteiger partial charge in [-0.3, -0.25) is 4.98 Å². The van der Waals surface area contributed by atoms with Gasteiger partial charge >= 0.3 is 0 Å². The highest BCUT2D eigenvalue weighted by atomic mass is 32.1. The van der Waals surface area contributed by atoms with Crippen molar-refractivity contribution in [2.45, 2.75) is 19.3 Å². The topological polar surface area (TPSA) is 37.8 Å². The van der Waals surface area contributed by atoms with Gasteiger partial charge < -0.3 is 5.32 Å². The molecule has 0 spiro atoms. The third kappa shape index (κ3) is 2.90. The molecule has 17 heavy (non-hydrogen) atoms. The molecule has 0 aliphatic heterocycles. The van der Waals surface area contributed by atoms with Gasteiger partial charge in [-0.2, -0.15) is 0 Å². The Morgan fingerprint density at radius 2 is 2.35 bits per heavy atom. The molecule has 0 aromatic carbocycles. The SMILES string of the molecule is CCC(CNC)c1csc(-c2cccnc2)n1. The molecule has 0 aliphatic carbocycles. The van der Waals surface area contributed by atoms with E-state index in [2.05, 4.69) is 28.7 Å². The number of nitrogens with zero attached hydrogens (tertiary/aromatic N) is 2. The van der Waals surface area contributed by atoms with Crippen molar-refractivity contribution in [2.24, 2.45) is 0 Å². The van der Waals surface area contributed by atoms with Crippen LogP contribution in [-0.2, 0) is 0 Å². The predicted octanol–water partition coefficient (Wildman–Crippen LogP) is 2.92. The van der Waals surface area contributed by atoms with Crippen LogP contribution in [0.15, 0.2) is 29.9 Å². The molecule has 2 heterocycles. The maximum Gasteiger partial charge on any atom is 0.125 e. The van der Waals surface area contributed by atoms with Crippen LogP contribution in [0.2, 0.25) is 0 Å². The van der Waals surface area contributed by atoms with Crippen LogP contribution in [0.1, 0.15) is 25.0 Å². The van der Waals surface area contributed by atoms with Gasteiger partial charge in [0.1, 0.15) is 5.01 Å². The summed E-state index contributed by atoms with van der Waals surface area (Å²) in [6.07, 6.45) is 4.76. The van der Waals surface area contributed by atoms with E-state index in [-0.39, 0.29) is 0 Å². The molecule has 0 aliphatic rings. The summed E-state index contributed by atoms with van der Waals surface area (Å²) in [6, 6.07) is 4.00.